The first-order valence-electron chi connectivity index (χ1n) is 6.89. The zero-order valence-corrected chi connectivity index (χ0v) is 12.2. The van der Waals surface area contributed by atoms with Gasteiger partial charge in [-0.1, -0.05) is 12.1 Å². The minimum atomic E-state index is -0.603. The SMILES string of the molecule is Cc1cccc2c1CC(CC(C)(C)O)N2C(C)C. The number of benzene rings is 1. The van der Waals surface area contributed by atoms with Gasteiger partial charge in [0, 0.05) is 17.8 Å². The Balaban J connectivity index is 2.34. The second kappa shape index (κ2) is 4.58. The van der Waals surface area contributed by atoms with Gasteiger partial charge >= 0.3 is 0 Å². The Kier molecular flexibility index (Phi) is 3.41. The Labute approximate surface area is 111 Å². The van der Waals surface area contributed by atoms with E-state index < -0.39 is 5.60 Å². The number of hydrogen-bond acceptors (Lipinski definition) is 2. The van der Waals surface area contributed by atoms with E-state index in [0.717, 1.165) is 12.8 Å². The number of fused-ring (bicyclic) bond motifs is 1. The zero-order valence-electron chi connectivity index (χ0n) is 12.2. The molecule has 1 aliphatic heterocycles. The second-order valence-corrected chi connectivity index (χ2v) is 6.45. The fraction of sp³-hybridized carbons (Fsp3) is 0.625. The Hall–Kier alpha value is -1.02. The van der Waals surface area contributed by atoms with Crippen LogP contribution in [0, 0.1) is 6.92 Å². The van der Waals surface area contributed by atoms with Gasteiger partial charge in [0.25, 0.3) is 0 Å². The molecule has 2 rings (SSSR count). The summed E-state index contributed by atoms with van der Waals surface area (Å²) in [5.74, 6) is 0. The maximum absolute atomic E-state index is 10.1. The fourth-order valence-electron chi connectivity index (χ4n) is 3.17. The third-order valence-corrected chi connectivity index (χ3v) is 3.79. The first-order valence-corrected chi connectivity index (χ1v) is 6.89. The van der Waals surface area contributed by atoms with Gasteiger partial charge in [-0.25, -0.2) is 0 Å². The molecule has 0 radical (unpaired) electrons. The van der Waals surface area contributed by atoms with Crippen molar-refractivity contribution in [3.63, 3.8) is 0 Å². The molecule has 0 saturated carbocycles. The maximum atomic E-state index is 10.1. The molecule has 1 atom stereocenters. The highest BCUT2D eigenvalue weighted by Gasteiger charge is 2.34. The lowest BCUT2D eigenvalue weighted by atomic mass is 9.95. The van der Waals surface area contributed by atoms with Crippen molar-refractivity contribution >= 4 is 5.69 Å². The van der Waals surface area contributed by atoms with Crippen LogP contribution in [0.25, 0.3) is 0 Å². The lowest BCUT2D eigenvalue weighted by Crippen LogP contribution is -2.42. The first kappa shape index (κ1) is 13.4. The summed E-state index contributed by atoms with van der Waals surface area (Å²) in [5.41, 5.74) is 3.59. The van der Waals surface area contributed by atoms with Crippen LogP contribution < -0.4 is 4.90 Å². The highest BCUT2D eigenvalue weighted by atomic mass is 16.3. The molecule has 0 amide bonds. The van der Waals surface area contributed by atoms with Crippen LogP contribution in [0.4, 0.5) is 5.69 Å². The van der Waals surface area contributed by atoms with E-state index in [2.05, 4.69) is 43.9 Å². The topological polar surface area (TPSA) is 23.5 Å². The molecule has 100 valence electrons. The molecule has 18 heavy (non-hydrogen) atoms. The number of rotatable bonds is 3. The predicted molar refractivity (Wildman–Crippen MR) is 77.2 cm³/mol. The standard InChI is InChI=1S/C16H25NO/c1-11(2)17-13(10-16(4,5)18)9-14-12(3)7-6-8-15(14)17/h6-8,11,13,18H,9-10H2,1-5H3. The molecule has 1 aromatic carbocycles. The number of aryl methyl sites for hydroxylation is 1. The van der Waals surface area contributed by atoms with E-state index in [1.807, 2.05) is 13.8 Å². The van der Waals surface area contributed by atoms with Crippen molar-refractivity contribution in [1.29, 1.82) is 0 Å². The highest BCUT2D eigenvalue weighted by Crippen LogP contribution is 2.38. The van der Waals surface area contributed by atoms with Crippen molar-refractivity contribution in [2.45, 2.75) is 65.1 Å². The smallest absolute Gasteiger partial charge is 0.0611 e. The summed E-state index contributed by atoms with van der Waals surface area (Å²) in [7, 11) is 0. The minimum Gasteiger partial charge on any atom is -0.390 e. The van der Waals surface area contributed by atoms with Gasteiger partial charge in [-0.2, -0.15) is 0 Å². The molecule has 1 unspecified atom stereocenters. The third-order valence-electron chi connectivity index (χ3n) is 3.79. The third kappa shape index (κ3) is 2.54. The van der Waals surface area contributed by atoms with E-state index in [1.54, 1.807) is 0 Å². The average Bonchev–Trinajstić information content (AvgIpc) is 2.54. The molecular weight excluding hydrogens is 222 g/mol. The second-order valence-electron chi connectivity index (χ2n) is 6.45. The molecule has 0 aromatic heterocycles. The molecule has 1 heterocycles. The molecule has 2 nitrogen and oxygen atoms in total. The molecule has 0 aliphatic carbocycles. The summed E-state index contributed by atoms with van der Waals surface area (Å²) >= 11 is 0. The molecule has 0 saturated heterocycles. The number of hydrogen-bond donors (Lipinski definition) is 1. The number of aliphatic hydroxyl groups is 1. The average molecular weight is 247 g/mol. The van der Waals surface area contributed by atoms with Gasteiger partial charge in [0.15, 0.2) is 0 Å². The van der Waals surface area contributed by atoms with Crippen molar-refractivity contribution in [2.75, 3.05) is 4.90 Å². The van der Waals surface area contributed by atoms with E-state index in [4.69, 9.17) is 0 Å². The van der Waals surface area contributed by atoms with Crippen LogP contribution in [0.1, 0.15) is 45.2 Å². The molecular formula is C16H25NO. The quantitative estimate of drug-likeness (QED) is 0.886. The van der Waals surface area contributed by atoms with Gasteiger partial charge in [0.2, 0.25) is 0 Å². The summed E-state index contributed by atoms with van der Waals surface area (Å²) in [4.78, 5) is 2.47. The fourth-order valence-corrected chi connectivity index (χ4v) is 3.17. The van der Waals surface area contributed by atoms with Crippen LogP contribution in [-0.4, -0.2) is 22.8 Å². The summed E-state index contributed by atoms with van der Waals surface area (Å²) < 4.78 is 0. The molecule has 2 heteroatoms. The highest BCUT2D eigenvalue weighted by molar-refractivity contribution is 5.62. The van der Waals surface area contributed by atoms with Crippen LogP contribution in [0.5, 0.6) is 0 Å². The largest absolute Gasteiger partial charge is 0.390 e. The van der Waals surface area contributed by atoms with Crippen molar-refractivity contribution in [2.24, 2.45) is 0 Å². The molecule has 1 aromatic rings. The van der Waals surface area contributed by atoms with Gasteiger partial charge in [0.05, 0.1) is 5.60 Å². The normalized spacial score (nSPS) is 19.5. The molecule has 1 N–H and O–H groups in total. The van der Waals surface area contributed by atoms with Gasteiger partial charge in [-0.15, -0.1) is 0 Å². The number of anilines is 1. The molecule has 1 aliphatic rings. The first-order chi connectivity index (χ1) is 8.29. The van der Waals surface area contributed by atoms with Crippen LogP contribution in [-0.2, 0) is 6.42 Å². The lowest BCUT2D eigenvalue weighted by molar-refractivity contribution is 0.0629. The monoisotopic (exact) mass is 247 g/mol. The summed E-state index contributed by atoms with van der Waals surface area (Å²) in [6.07, 6.45) is 1.88. The van der Waals surface area contributed by atoms with Gasteiger partial charge in [0.1, 0.15) is 0 Å². The Morgan fingerprint density at radius 3 is 2.61 bits per heavy atom. The van der Waals surface area contributed by atoms with Crippen LogP contribution >= 0.6 is 0 Å². The van der Waals surface area contributed by atoms with Crippen molar-refractivity contribution in [3.05, 3.63) is 29.3 Å². The maximum Gasteiger partial charge on any atom is 0.0611 e. The zero-order chi connectivity index (χ0) is 13.5. The lowest BCUT2D eigenvalue weighted by Gasteiger charge is -2.34. The van der Waals surface area contributed by atoms with Gasteiger partial charge < -0.3 is 10.0 Å². The molecule has 0 spiro atoms. The summed E-state index contributed by atoms with van der Waals surface area (Å²) in [5, 5.41) is 10.1. The predicted octanol–water partition coefficient (Wildman–Crippen LogP) is 3.30. The van der Waals surface area contributed by atoms with Crippen molar-refractivity contribution < 1.29 is 5.11 Å². The van der Waals surface area contributed by atoms with E-state index >= 15 is 0 Å². The van der Waals surface area contributed by atoms with Crippen molar-refractivity contribution in [1.82, 2.24) is 0 Å². The molecule has 0 bridgehead atoms. The van der Waals surface area contributed by atoms with Gasteiger partial charge in [-0.05, 0) is 64.7 Å². The Morgan fingerprint density at radius 1 is 1.39 bits per heavy atom. The van der Waals surface area contributed by atoms with Gasteiger partial charge in [-0.3, -0.25) is 0 Å². The Morgan fingerprint density at radius 2 is 2.06 bits per heavy atom. The van der Waals surface area contributed by atoms with Crippen LogP contribution in [0.3, 0.4) is 0 Å². The summed E-state index contributed by atoms with van der Waals surface area (Å²) in [6, 6.07) is 7.42. The van der Waals surface area contributed by atoms with E-state index in [0.29, 0.717) is 12.1 Å². The minimum absolute atomic E-state index is 0.418. The van der Waals surface area contributed by atoms with Crippen LogP contribution in [0.15, 0.2) is 18.2 Å². The number of nitrogens with zero attached hydrogens (tertiary/aromatic N) is 1. The van der Waals surface area contributed by atoms with Crippen LogP contribution in [0.2, 0.25) is 0 Å². The Bertz CT molecular complexity index is 431. The van der Waals surface area contributed by atoms with Crippen molar-refractivity contribution in [3.8, 4) is 0 Å². The summed E-state index contributed by atoms with van der Waals surface area (Å²) in [6.45, 7) is 10.5. The molecule has 0 fully saturated rings. The van der Waals surface area contributed by atoms with E-state index in [9.17, 15) is 5.11 Å². The van der Waals surface area contributed by atoms with E-state index in [1.165, 1.54) is 16.8 Å². The van der Waals surface area contributed by atoms with E-state index in [-0.39, 0.29) is 0 Å².